The van der Waals surface area contributed by atoms with Gasteiger partial charge in [-0.05, 0) is 46.3 Å². The third kappa shape index (κ3) is 2.49. The van der Waals surface area contributed by atoms with E-state index in [0.29, 0.717) is 11.5 Å². The number of ether oxygens (including phenoxy) is 1. The predicted octanol–water partition coefficient (Wildman–Crippen LogP) is 3.85. The van der Waals surface area contributed by atoms with E-state index in [9.17, 15) is 0 Å². The topological polar surface area (TPSA) is 66.0 Å². The standard InChI is InChI=1S/C16H11BrN4O2/c1-22-12-6-13(17)15-14(7-12)20-16(23-15)10-2-4-11(5-3-10)21-8-18-19-9-21/h2-9H,1H3. The summed E-state index contributed by atoms with van der Waals surface area (Å²) in [7, 11) is 1.62. The Labute approximate surface area is 139 Å². The van der Waals surface area contributed by atoms with Crippen LogP contribution < -0.4 is 4.74 Å². The van der Waals surface area contributed by atoms with E-state index in [0.717, 1.165) is 27.0 Å². The highest BCUT2D eigenvalue weighted by Crippen LogP contribution is 2.33. The summed E-state index contributed by atoms with van der Waals surface area (Å²) in [5.74, 6) is 1.29. The first kappa shape index (κ1) is 14.0. The van der Waals surface area contributed by atoms with Crippen molar-refractivity contribution in [3.63, 3.8) is 0 Å². The van der Waals surface area contributed by atoms with Crippen molar-refractivity contribution in [2.45, 2.75) is 0 Å². The van der Waals surface area contributed by atoms with Gasteiger partial charge in [0.25, 0.3) is 0 Å². The van der Waals surface area contributed by atoms with E-state index < -0.39 is 0 Å². The molecule has 0 aliphatic rings. The number of hydrogen-bond donors (Lipinski definition) is 0. The van der Waals surface area contributed by atoms with Crippen molar-refractivity contribution in [2.24, 2.45) is 0 Å². The van der Waals surface area contributed by atoms with Crippen LogP contribution in [0.4, 0.5) is 0 Å². The lowest BCUT2D eigenvalue weighted by Crippen LogP contribution is -1.89. The van der Waals surface area contributed by atoms with Crippen LogP contribution in [0, 0.1) is 0 Å². The molecule has 0 N–H and O–H groups in total. The number of hydrogen-bond acceptors (Lipinski definition) is 5. The molecule has 23 heavy (non-hydrogen) atoms. The van der Waals surface area contributed by atoms with Gasteiger partial charge in [0, 0.05) is 17.3 Å². The molecular formula is C16H11BrN4O2. The van der Waals surface area contributed by atoms with E-state index in [1.165, 1.54) is 0 Å². The summed E-state index contributed by atoms with van der Waals surface area (Å²) in [6, 6.07) is 11.5. The molecule has 4 aromatic rings. The number of benzene rings is 2. The molecule has 0 fully saturated rings. The number of fused-ring (bicyclic) bond motifs is 1. The maximum absolute atomic E-state index is 5.87. The molecule has 0 unspecified atom stereocenters. The summed E-state index contributed by atoms with van der Waals surface area (Å²) in [4.78, 5) is 4.54. The van der Waals surface area contributed by atoms with Crippen molar-refractivity contribution in [3.05, 3.63) is 53.5 Å². The summed E-state index contributed by atoms with van der Waals surface area (Å²) in [6.07, 6.45) is 3.30. The van der Waals surface area contributed by atoms with E-state index in [1.807, 2.05) is 41.0 Å². The maximum atomic E-state index is 5.87. The Morgan fingerprint density at radius 1 is 1.09 bits per heavy atom. The van der Waals surface area contributed by atoms with Crippen molar-refractivity contribution in [2.75, 3.05) is 7.11 Å². The molecule has 2 heterocycles. The molecule has 0 saturated heterocycles. The van der Waals surface area contributed by atoms with Gasteiger partial charge in [-0.15, -0.1) is 10.2 Å². The number of rotatable bonds is 3. The molecule has 6 nitrogen and oxygen atoms in total. The zero-order chi connectivity index (χ0) is 15.8. The summed E-state index contributed by atoms with van der Waals surface area (Å²) in [6.45, 7) is 0. The first-order valence-electron chi connectivity index (χ1n) is 6.84. The average molecular weight is 371 g/mol. The molecule has 0 atom stereocenters. The van der Waals surface area contributed by atoms with Gasteiger partial charge in [0.2, 0.25) is 5.89 Å². The van der Waals surface area contributed by atoms with Gasteiger partial charge >= 0.3 is 0 Å². The Hall–Kier alpha value is -2.67. The molecule has 114 valence electrons. The van der Waals surface area contributed by atoms with Crippen molar-refractivity contribution in [1.82, 2.24) is 19.7 Å². The van der Waals surface area contributed by atoms with E-state index in [2.05, 4.69) is 31.1 Å². The smallest absolute Gasteiger partial charge is 0.227 e. The first-order chi connectivity index (χ1) is 11.2. The Kier molecular flexibility index (Phi) is 3.34. The number of nitrogens with zero attached hydrogens (tertiary/aromatic N) is 4. The maximum Gasteiger partial charge on any atom is 0.227 e. The fourth-order valence-corrected chi connectivity index (χ4v) is 2.83. The molecule has 0 amide bonds. The molecule has 4 rings (SSSR count). The minimum atomic E-state index is 0.559. The van der Waals surface area contributed by atoms with Crippen LogP contribution in [0.5, 0.6) is 5.75 Å². The lowest BCUT2D eigenvalue weighted by Gasteiger charge is -2.01. The largest absolute Gasteiger partial charge is 0.497 e. The van der Waals surface area contributed by atoms with Crippen molar-refractivity contribution in [1.29, 1.82) is 0 Å². The fourth-order valence-electron chi connectivity index (χ4n) is 2.32. The van der Waals surface area contributed by atoms with Crippen LogP contribution in [0.2, 0.25) is 0 Å². The first-order valence-corrected chi connectivity index (χ1v) is 7.63. The lowest BCUT2D eigenvalue weighted by molar-refractivity contribution is 0.415. The lowest BCUT2D eigenvalue weighted by atomic mass is 10.2. The van der Waals surface area contributed by atoms with Gasteiger partial charge in [-0.3, -0.25) is 4.57 Å². The van der Waals surface area contributed by atoms with E-state index in [1.54, 1.807) is 19.8 Å². The Bertz CT molecular complexity index is 962. The van der Waals surface area contributed by atoms with Crippen molar-refractivity contribution in [3.8, 4) is 22.9 Å². The summed E-state index contributed by atoms with van der Waals surface area (Å²) in [5, 5.41) is 7.60. The fraction of sp³-hybridized carbons (Fsp3) is 0.0625. The van der Waals surface area contributed by atoms with Crippen LogP contribution >= 0.6 is 15.9 Å². The summed E-state index contributed by atoms with van der Waals surface area (Å²) >= 11 is 3.48. The minimum Gasteiger partial charge on any atom is -0.497 e. The average Bonchev–Trinajstić information content (AvgIpc) is 3.24. The Morgan fingerprint density at radius 3 is 2.52 bits per heavy atom. The summed E-state index contributed by atoms with van der Waals surface area (Å²) in [5.41, 5.74) is 3.30. The van der Waals surface area contributed by atoms with E-state index >= 15 is 0 Å². The summed E-state index contributed by atoms with van der Waals surface area (Å²) < 4.78 is 13.8. The number of methoxy groups -OCH3 is 1. The number of oxazole rings is 1. The molecule has 0 spiro atoms. The third-order valence-electron chi connectivity index (χ3n) is 3.49. The van der Waals surface area contributed by atoms with Crippen LogP contribution in [-0.2, 0) is 0 Å². The molecule has 2 aromatic heterocycles. The molecule has 7 heteroatoms. The number of halogens is 1. The van der Waals surface area contributed by atoms with Crippen LogP contribution in [0.1, 0.15) is 0 Å². The third-order valence-corrected chi connectivity index (χ3v) is 4.07. The van der Waals surface area contributed by atoms with Crippen LogP contribution in [0.3, 0.4) is 0 Å². The van der Waals surface area contributed by atoms with E-state index in [-0.39, 0.29) is 0 Å². The highest BCUT2D eigenvalue weighted by molar-refractivity contribution is 9.10. The number of aromatic nitrogens is 4. The van der Waals surface area contributed by atoms with E-state index in [4.69, 9.17) is 9.15 Å². The Morgan fingerprint density at radius 2 is 1.83 bits per heavy atom. The molecular weight excluding hydrogens is 360 g/mol. The van der Waals surface area contributed by atoms with Gasteiger partial charge < -0.3 is 9.15 Å². The zero-order valence-electron chi connectivity index (χ0n) is 12.1. The van der Waals surface area contributed by atoms with Crippen LogP contribution in [0.25, 0.3) is 28.2 Å². The SMILES string of the molecule is COc1cc(Br)c2oc(-c3ccc(-n4cnnc4)cc3)nc2c1. The zero-order valence-corrected chi connectivity index (χ0v) is 13.7. The highest BCUT2D eigenvalue weighted by atomic mass is 79.9. The molecule has 0 aliphatic carbocycles. The van der Waals surface area contributed by atoms with Gasteiger partial charge in [-0.2, -0.15) is 0 Å². The second kappa shape index (κ2) is 5.51. The minimum absolute atomic E-state index is 0.559. The van der Waals surface area contributed by atoms with Gasteiger partial charge in [0.05, 0.1) is 11.6 Å². The van der Waals surface area contributed by atoms with Gasteiger partial charge in [0.15, 0.2) is 5.58 Å². The molecule has 0 bridgehead atoms. The van der Waals surface area contributed by atoms with Gasteiger partial charge in [-0.25, -0.2) is 4.98 Å². The Balaban J connectivity index is 1.75. The van der Waals surface area contributed by atoms with Crippen molar-refractivity contribution >= 4 is 27.0 Å². The quantitative estimate of drug-likeness (QED) is 0.547. The predicted molar refractivity (Wildman–Crippen MR) is 88.6 cm³/mol. The molecule has 0 saturated carbocycles. The van der Waals surface area contributed by atoms with Gasteiger partial charge in [-0.1, -0.05) is 0 Å². The molecule has 0 aliphatic heterocycles. The molecule has 0 radical (unpaired) electrons. The monoisotopic (exact) mass is 370 g/mol. The van der Waals surface area contributed by atoms with Crippen molar-refractivity contribution < 1.29 is 9.15 Å². The van der Waals surface area contributed by atoms with Crippen LogP contribution in [-0.4, -0.2) is 26.9 Å². The second-order valence-electron chi connectivity index (χ2n) is 4.89. The second-order valence-corrected chi connectivity index (χ2v) is 5.75. The van der Waals surface area contributed by atoms with Crippen LogP contribution in [0.15, 0.2) is 57.9 Å². The highest BCUT2D eigenvalue weighted by Gasteiger charge is 2.12. The normalized spacial score (nSPS) is 11.0. The van der Waals surface area contributed by atoms with Gasteiger partial charge in [0.1, 0.15) is 23.9 Å². The molecule has 2 aromatic carbocycles.